The van der Waals surface area contributed by atoms with E-state index in [0.29, 0.717) is 6.04 Å². The fourth-order valence-electron chi connectivity index (χ4n) is 2.14. The van der Waals surface area contributed by atoms with E-state index in [9.17, 15) is 0 Å². The normalized spacial score (nSPS) is 14.2. The Hall–Kier alpha value is -1.74. The highest BCUT2D eigenvalue weighted by atomic mass is 15.0. The third-order valence-corrected chi connectivity index (χ3v) is 3.13. The summed E-state index contributed by atoms with van der Waals surface area (Å²) in [6, 6.07) is 10.9. The molecule has 3 heteroatoms. The van der Waals surface area contributed by atoms with Crippen LogP contribution in [0.1, 0.15) is 42.9 Å². The lowest BCUT2D eigenvalue weighted by molar-refractivity contribution is 0.483. The summed E-state index contributed by atoms with van der Waals surface area (Å²) in [7, 11) is 0. The van der Waals surface area contributed by atoms with Crippen LogP contribution in [0.2, 0.25) is 0 Å². The van der Waals surface area contributed by atoms with E-state index in [2.05, 4.69) is 53.4 Å². The molecule has 1 aromatic carbocycles. The van der Waals surface area contributed by atoms with Gasteiger partial charge in [-0.1, -0.05) is 30.3 Å². The van der Waals surface area contributed by atoms with E-state index < -0.39 is 0 Å². The van der Waals surface area contributed by atoms with Gasteiger partial charge in [-0.05, 0) is 26.3 Å². The largest absolute Gasteiger partial charge is 0.302 e. The average molecular weight is 241 g/mol. The van der Waals surface area contributed by atoms with E-state index in [-0.39, 0.29) is 6.04 Å². The first kappa shape index (κ1) is 12.7. The zero-order valence-electron chi connectivity index (χ0n) is 11.1. The van der Waals surface area contributed by atoms with Crippen molar-refractivity contribution < 1.29 is 0 Å². The Bertz CT molecular complexity index is 496. The van der Waals surface area contributed by atoms with E-state index in [1.807, 2.05) is 13.0 Å². The van der Waals surface area contributed by atoms with E-state index >= 15 is 0 Å². The molecule has 0 radical (unpaired) electrons. The molecule has 0 amide bonds. The van der Waals surface area contributed by atoms with Gasteiger partial charge in [0.05, 0.1) is 11.4 Å². The monoisotopic (exact) mass is 241 g/mol. The summed E-state index contributed by atoms with van der Waals surface area (Å²) in [5.74, 6) is 0. The average Bonchev–Trinajstić information content (AvgIpc) is 2.40. The quantitative estimate of drug-likeness (QED) is 0.893. The molecule has 3 nitrogen and oxygen atoms in total. The summed E-state index contributed by atoms with van der Waals surface area (Å²) in [5.41, 5.74) is 3.28. The van der Waals surface area contributed by atoms with Crippen molar-refractivity contribution in [3.63, 3.8) is 0 Å². The van der Waals surface area contributed by atoms with Crippen LogP contribution < -0.4 is 5.32 Å². The Morgan fingerprint density at radius 1 is 0.944 bits per heavy atom. The molecule has 1 aromatic heterocycles. The highest BCUT2D eigenvalue weighted by Gasteiger charge is 2.13. The van der Waals surface area contributed by atoms with Gasteiger partial charge < -0.3 is 5.32 Å². The molecule has 0 aliphatic rings. The summed E-state index contributed by atoms with van der Waals surface area (Å²) < 4.78 is 0. The molecular weight excluding hydrogens is 222 g/mol. The zero-order chi connectivity index (χ0) is 13.0. The van der Waals surface area contributed by atoms with Crippen LogP contribution in [-0.4, -0.2) is 9.97 Å². The van der Waals surface area contributed by atoms with Gasteiger partial charge in [0.2, 0.25) is 0 Å². The van der Waals surface area contributed by atoms with Crippen LogP contribution in [0.25, 0.3) is 0 Å². The number of benzene rings is 1. The molecule has 18 heavy (non-hydrogen) atoms. The van der Waals surface area contributed by atoms with Crippen molar-refractivity contribution in [2.45, 2.75) is 32.9 Å². The van der Waals surface area contributed by atoms with Crippen molar-refractivity contribution in [3.05, 3.63) is 59.7 Å². The molecule has 1 N–H and O–H groups in total. The number of nitrogens with one attached hydrogen (secondary N) is 1. The van der Waals surface area contributed by atoms with Crippen LogP contribution in [0.3, 0.4) is 0 Å². The smallest absolute Gasteiger partial charge is 0.0782 e. The minimum absolute atomic E-state index is 0.189. The Balaban J connectivity index is 2.08. The maximum atomic E-state index is 4.40. The summed E-state index contributed by atoms with van der Waals surface area (Å²) >= 11 is 0. The van der Waals surface area contributed by atoms with Crippen molar-refractivity contribution in [2.24, 2.45) is 0 Å². The highest BCUT2D eigenvalue weighted by molar-refractivity contribution is 5.19. The van der Waals surface area contributed by atoms with Crippen LogP contribution in [0.4, 0.5) is 0 Å². The molecule has 0 saturated carbocycles. The number of aromatic nitrogens is 2. The molecule has 94 valence electrons. The zero-order valence-corrected chi connectivity index (χ0v) is 11.1. The summed E-state index contributed by atoms with van der Waals surface area (Å²) in [6.45, 7) is 6.28. The number of aryl methyl sites for hydroxylation is 1. The molecule has 2 atom stereocenters. The van der Waals surface area contributed by atoms with Crippen molar-refractivity contribution in [2.75, 3.05) is 0 Å². The van der Waals surface area contributed by atoms with Gasteiger partial charge in [-0.15, -0.1) is 0 Å². The van der Waals surface area contributed by atoms with E-state index in [1.54, 1.807) is 12.4 Å². The van der Waals surface area contributed by atoms with Gasteiger partial charge in [0.1, 0.15) is 0 Å². The molecule has 2 aromatic rings. The number of hydrogen-bond acceptors (Lipinski definition) is 3. The number of rotatable bonds is 4. The lowest BCUT2D eigenvalue weighted by Gasteiger charge is -2.20. The SMILES string of the molecule is Cc1nccnc1C(C)NC(C)c1ccccc1. The number of hydrogen-bond donors (Lipinski definition) is 1. The molecule has 0 fully saturated rings. The van der Waals surface area contributed by atoms with Gasteiger partial charge in [-0.25, -0.2) is 0 Å². The van der Waals surface area contributed by atoms with Crippen LogP contribution >= 0.6 is 0 Å². The Morgan fingerprint density at radius 2 is 1.61 bits per heavy atom. The minimum Gasteiger partial charge on any atom is -0.302 e. The predicted octanol–water partition coefficient (Wildman–Crippen LogP) is 3.20. The molecular formula is C15H19N3. The third-order valence-electron chi connectivity index (χ3n) is 3.13. The second-order valence-electron chi connectivity index (χ2n) is 4.55. The van der Waals surface area contributed by atoms with Gasteiger partial charge >= 0.3 is 0 Å². The van der Waals surface area contributed by atoms with E-state index in [4.69, 9.17) is 0 Å². The molecule has 0 spiro atoms. The maximum absolute atomic E-state index is 4.40. The van der Waals surface area contributed by atoms with Gasteiger partial charge in [-0.2, -0.15) is 0 Å². The van der Waals surface area contributed by atoms with Crippen molar-refractivity contribution >= 4 is 0 Å². The molecule has 0 saturated heterocycles. The van der Waals surface area contributed by atoms with Crippen molar-refractivity contribution in [1.29, 1.82) is 0 Å². The summed E-state index contributed by atoms with van der Waals surface area (Å²) in [5, 5.41) is 3.55. The molecule has 1 heterocycles. The molecule has 0 aliphatic carbocycles. The molecule has 2 unspecified atom stereocenters. The fourth-order valence-corrected chi connectivity index (χ4v) is 2.14. The number of nitrogens with zero attached hydrogens (tertiary/aromatic N) is 2. The standard InChI is InChI=1S/C15H19N3/c1-11(14-7-5-4-6-8-14)18-13(3)15-12(2)16-9-10-17-15/h4-11,13,18H,1-3H3. The first-order valence-electron chi connectivity index (χ1n) is 6.27. The summed E-state index contributed by atoms with van der Waals surface area (Å²) in [4.78, 5) is 8.68. The highest BCUT2D eigenvalue weighted by Crippen LogP contribution is 2.18. The van der Waals surface area contributed by atoms with Crippen molar-refractivity contribution in [3.8, 4) is 0 Å². The van der Waals surface area contributed by atoms with Gasteiger partial charge in [0, 0.05) is 24.5 Å². The second kappa shape index (κ2) is 5.74. The molecule has 0 bridgehead atoms. The Kier molecular flexibility index (Phi) is 4.05. The second-order valence-corrected chi connectivity index (χ2v) is 4.55. The third kappa shape index (κ3) is 2.93. The van der Waals surface area contributed by atoms with Gasteiger partial charge in [-0.3, -0.25) is 9.97 Å². The van der Waals surface area contributed by atoms with Crippen LogP contribution in [-0.2, 0) is 0 Å². The molecule has 2 rings (SSSR count). The Labute approximate surface area is 108 Å². The van der Waals surface area contributed by atoms with Gasteiger partial charge in [0.15, 0.2) is 0 Å². The topological polar surface area (TPSA) is 37.8 Å². The Morgan fingerprint density at radius 3 is 2.28 bits per heavy atom. The van der Waals surface area contributed by atoms with Crippen LogP contribution in [0.5, 0.6) is 0 Å². The predicted molar refractivity (Wildman–Crippen MR) is 73.2 cm³/mol. The maximum Gasteiger partial charge on any atom is 0.0782 e. The van der Waals surface area contributed by atoms with E-state index in [1.165, 1.54) is 5.56 Å². The lowest BCUT2D eigenvalue weighted by Crippen LogP contribution is -2.24. The first-order valence-corrected chi connectivity index (χ1v) is 6.27. The summed E-state index contributed by atoms with van der Waals surface area (Å²) in [6.07, 6.45) is 3.47. The van der Waals surface area contributed by atoms with Crippen LogP contribution in [0, 0.1) is 6.92 Å². The van der Waals surface area contributed by atoms with E-state index in [0.717, 1.165) is 11.4 Å². The lowest BCUT2D eigenvalue weighted by atomic mass is 10.1. The van der Waals surface area contributed by atoms with Gasteiger partial charge in [0.25, 0.3) is 0 Å². The fraction of sp³-hybridized carbons (Fsp3) is 0.333. The minimum atomic E-state index is 0.189. The molecule has 0 aliphatic heterocycles. The van der Waals surface area contributed by atoms with Crippen molar-refractivity contribution in [1.82, 2.24) is 15.3 Å². The van der Waals surface area contributed by atoms with Crippen LogP contribution in [0.15, 0.2) is 42.7 Å². The first-order chi connectivity index (χ1) is 8.68.